The van der Waals surface area contributed by atoms with Crippen molar-refractivity contribution < 1.29 is 14.6 Å². The Morgan fingerprint density at radius 2 is 1.77 bits per heavy atom. The summed E-state index contributed by atoms with van der Waals surface area (Å²) in [7, 11) is 0. The summed E-state index contributed by atoms with van der Waals surface area (Å²) < 4.78 is 5.66. The largest absolute Gasteiger partial charge is 0.491 e. The van der Waals surface area contributed by atoms with Gasteiger partial charge < -0.3 is 20.1 Å². The number of nitrogens with one attached hydrogen (secondary N) is 1. The number of benzene rings is 2. The summed E-state index contributed by atoms with van der Waals surface area (Å²) in [5, 5.41) is 22.3. The molecule has 3 unspecified atom stereocenters. The molecule has 2 bridgehead atoms. The molecule has 2 fully saturated rings. The van der Waals surface area contributed by atoms with Crippen LogP contribution in [0.2, 0.25) is 0 Å². The van der Waals surface area contributed by atoms with Gasteiger partial charge in [0.2, 0.25) is 0 Å². The monoisotopic (exact) mass is 420 g/mol. The average Bonchev–Trinajstić information content (AvgIpc) is 2.78. The van der Waals surface area contributed by atoms with E-state index >= 15 is 0 Å². The molecule has 7 nitrogen and oxygen atoms in total. The molecule has 2 aliphatic heterocycles. The molecule has 31 heavy (non-hydrogen) atoms. The summed E-state index contributed by atoms with van der Waals surface area (Å²) in [4.78, 5) is 16.9. The zero-order valence-corrected chi connectivity index (χ0v) is 17.5. The fourth-order valence-corrected chi connectivity index (χ4v) is 4.60. The number of hydrogen-bond acceptors (Lipinski definition) is 5. The number of carbonyl (C=O) groups is 1. The van der Waals surface area contributed by atoms with E-state index in [1.807, 2.05) is 35.2 Å². The Hall–Kier alpha value is -3.08. The molecule has 0 saturated carbocycles. The molecule has 0 aromatic heterocycles. The summed E-state index contributed by atoms with van der Waals surface area (Å²) in [5.74, 6) is 1.48. The van der Waals surface area contributed by atoms with Crippen molar-refractivity contribution in [1.29, 1.82) is 5.26 Å². The van der Waals surface area contributed by atoms with Gasteiger partial charge in [-0.25, -0.2) is 4.79 Å². The van der Waals surface area contributed by atoms with Gasteiger partial charge in [-0.1, -0.05) is 18.2 Å². The fourth-order valence-electron chi connectivity index (χ4n) is 4.60. The first kappa shape index (κ1) is 21.2. The van der Waals surface area contributed by atoms with Gasteiger partial charge in [0.05, 0.1) is 11.6 Å². The predicted octanol–water partition coefficient (Wildman–Crippen LogP) is 2.78. The summed E-state index contributed by atoms with van der Waals surface area (Å²) in [6.45, 7) is 3.99. The van der Waals surface area contributed by atoms with Crippen LogP contribution in [0.3, 0.4) is 0 Å². The molecule has 2 heterocycles. The van der Waals surface area contributed by atoms with Crippen molar-refractivity contribution in [3.8, 4) is 11.8 Å². The lowest BCUT2D eigenvalue weighted by molar-refractivity contribution is 0.0105. The number of aliphatic hydroxyl groups is 1. The van der Waals surface area contributed by atoms with Gasteiger partial charge in [0, 0.05) is 38.4 Å². The van der Waals surface area contributed by atoms with Crippen LogP contribution in [0.15, 0.2) is 54.6 Å². The zero-order chi connectivity index (χ0) is 21.6. The molecule has 0 aliphatic carbocycles. The quantitative estimate of drug-likeness (QED) is 0.750. The maximum atomic E-state index is 12.6. The van der Waals surface area contributed by atoms with Crippen molar-refractivity contribution in [2.45, 2.75) is 12.5 Å². The van der Waals surface area contributed by atoms with Crippen LogP contribution in [-0.4, -0.2) is 66.4 Å². The van der Waals surface area contributed by atoms with Gasteiger partial charge in [0.1, 0.15) is 18.5 Å². The van der Waals surface area contributed by atoms with Crippen LogP contribution in [0.4, 0.5) is 10.5 Å². The maximum absolute atomic E-state index is 12.6. The van der Waals surface area contributed by atoms with Gasteiger partial charge in [0.15, 0.2) is 0 Å². The second-order valence-corrected chi connectivity index (χ2v) is 8.49. The molecular formula is C24H28N4O3. The van der Waals surface area contributed by atoms with Crippen LogP contribution in [0.25, 0.3) is 0 Å². The molecule has 2 N–H and O–H groups in total. The maximum Gasteiger partial charge on any atom is 0.321 e. The second-order valence-electron chi connectivity index (χ2n) is 8.49. The molecule has 4 rings (SSSR count). The van der Waals surface area contributed by atoms with Crippen molar-refractivity contribution in [3.05, 3.63) is 60.2 Å². The third-order valence-electron chi connectivity index (χ3n) is 5.86. The lowest BCUT2D eigenvalue weighted by atomic mass is 9.84. The minimum Gasteiger partial charge on any atom is -0.491 e. The molecular weight excluding hydrogens is 392 g/mol. The standard InChI is InChI=1S/C24H28N4O3/c25-11-18-6-8-23(9-7-18)31-17-22(29)16-27-12-19-10-20(13-27)15-28(14-19)24(30)26-21-4-2-1-3-5-21/h1-9,19-20,22,29H,10,12-17H2,(H,26,30). The molecule has 2 aromatic carbocycles. The van der Waals surface area contributed by atoms with Crippen molar-refractivity contribution in [2.75, 3.05) is 44.6 Å². The first-order chi connectivity index (χ1) is 15.1. The van der Waals surface area contributed by atoms with E-state index in [1.54, 1.807) is 24.3 Å². The highest BCUT2D eigenvalue weighted by Crippen LogP contribution is 2.29. The molecule has 2 aromatic rings. The van der Waals surface area contributed by atoms with Crippen molar-refractivity contribution >= 4 is 11.7 Å². The van der Waals surface area contributed by atoms with E-state index < -0.39 is 6.10 Å². The molecule has 2 amide bonds. The molecule has 0 radical (unpaired) electrons. The average molecular weight is 421 g/mol. The number of nitriles is 1. The van der Waals surface area contributed by atoms with Crippen LogP contribution in [0.1, 0.15) is 12.0 Å². The number of amides is 2. The highest BCUT2D eigenvalue weighted by Gasteiger charge is 2.36. The van der Waals surface area contributed by atoms with E-state index in [4.69, 9.17) is 10.00 Å². The smallest absolute Gasteiger partial charge is 0.321 e. The van der Waals surface area contributed by atoms with Crippen LogP contribution in [0, 0.1) is 23.2 Å². The van der Waals surface area contributed by atoms with Crippen LogP contribution in [-0.2, 0) is 0 Å². The van der Waals surface area contributed by atoms with Gasteiger partial charge >= 0.3 is 6.03 Å². The minimum absolute atomic E-state index is 0.0369. The molecule has 2 aliphatic rings. The van der Waals surface area contributed by atoms with E-state index in [2.05, 4.69) is 16.3 Å². The Bertz CT molecular complexity index is 899. The fraction of sp³-hybridized carbons (Fsp3) is 0.417. The van der Waals surface area contributed by atoms with Crippen molar-refractivity contribution in [2.24, 2.45) is 11.8 Å². The Morgan fingerprint density at radius 3 is 2.42 bits per heavy atom. The number of fused-ring (bicyclic) bond motifs is 2. The summed E-state index contributed by atoms with van der Waals surface area (Å²) in [6, 6.07) is 18.5. The Labute approximate surface area is 182 Å². The van der Waals surface area contributed by atoms with Crippen LogP contribution in [0.5, 0.6) is 5.75 Å². The molecule has 7 heteroatoms. The molecule has 162 valence electrons. The number of urea groups is 1. The molecule has 0 spiro atoms. The van der Waals surface area contributed by atoms with E-state index in [1.165, 1.54) is 0 Å². The van der Waals surface area contributed by atoms with Gasteiger partial charge in [0.25, 0.3) is 0 Å². The number of likely N-dealkylation sites (tertiary alicyclic amines) is 2. The number of anilines is 1. The molecule has 3 atom stereocenters. The Morgan fingerprint density at radius 1 is 1.10 bits per heavy atom. The zero-order valence-electron chi connectivity index (χ0n) is 17.5. The number of piperidine rings is 2. The number of aliphatic hydroxyl groups excluding tert-OH is 1. The highest BCUT2D eigenvalue weighted by atomic mass is 16.5. The third kappa shape index (κ3) is 5.75. The number of rotatable bonds is 6. The predicted molar refractivity (Wildman–Crippen MR) is 118 cm³/mol. The van der Waals surface area contributed by atoms with E-state index in [9.17, 15) is 9.90 Å². The Kier molecular flexibility index (Phi) is 6.70. The number of hydrogen-bond donors (Lipinski definition) is 2. The van der Waals surface area contributed by atoms with E-state index in [0.717, 1.165) is 38.3 Å². The topological polar surface area (TPSA) is 88.8 Å². The Balaban J connectivity index is 1.23. The summed E-state index contributed by atoms with van der Waals surface area (Å²) in [6.07, 6.45) is 0.538. The minimum atomic E-state index is -0.591. The lowest BCUT2D eigenvalue weighted by Crippen LogP contribution is -2.56. The van der Waals surface area contributed by atoms with Gasteiger partial charge in [-0.3, -0.25) is 4.90 Å². The number of nitrogens with zero attached hydrogens (tertiary/aromatic N) is 3. The first-order valence-corrected chi connectivity index (χ1v) is 10.7. The number of para-hydroxylation sites is 1. The first-order valence-electron chi connectivity index (χ1n) is 10.7. The van der Waals surface area contributed by atoms with Crippen LogP contribution < -0.4 is 10.1 Å². The van der Waals surface area contributed by atoms with Gasteiger partial charge in [-0.15, -0.1) is 0 Å². The van der Waals surface area contributed by atoms with E-state index in [0.29, 0.717) is 29.7 Å². The summed E-state index contributed by atoms with van der Waals surface area (Å²) in [5.41, 5.74) is 1.40. The summed E-state index contributed by atoms with van der Waals surface area (Å²) >= 11 is 0. The number of ether oxygens (including phenoxy) is 1. The van der Waals surface area contributed by atoms with Gasteiger partial charge in [-0.2, -0.15) is 5.26 Å². The number of carbonyl (C=O) groups excluding carboxylic acids is 1. The number of β-amino-alcohol motifs (C(OH)–C–C–N with tert-alkyl or cyclic N) is 1. The highest BCUT2D eigenvalue weighted by molar-refractivity contribution is 5.89. The lowest BCUT2D eigenvalue weighted by Gasteiger charge is -2.46. The van der Waals surface area contributed by atoms with Crippen molar-refractivity contribution in [3.63, 3.8) is 0 Å². The molecule has 2 saturated heterocycles. The van der Waals surface area contributed by atoms with Gasteiger partial charge in [-0.05, 0) is 54.7 Å². The normalized spacial score (nSPS) is 21.7. The third-order valence-corrected chi connectivity index (χ3v) is 5.86. The van der Waals surface area contributed by atoms with E-state index in [-0.39, 0.29) is 12.6 Å². The van der Waals surface area contributed by atoms with Crippen molar-refractivity contribution in [1.82, 2.24) is 9.80 Å². The second kappa shape index (κ2) is 9.82. The SMILES string of the molecule is N#Cc1ccc(OCC(O)CN2CC3CC(C2)CN(C(=O)Nc2ccccc2)C3)cc1. The van der Waals surface area contributed by atoms with Crippen LogP contribution >= 0.6 is 0 Å².